The maximum atomic E-state index is 12.8. The molecule has 2 N–H and O–H groups in total. The average molecular weight is 473 g/mol. The van der Waals surface area contributed by atoms with E-state index in [-0.39, 0.29) is 11.4 Å². The van der Waals surface area contributed by atoms with Crippen LogP contribution in [-0.4, -0.2) is 47.9 Å². The molecule has 35 heavy (non-hydrogen) atoms. The number of rotatable bonds is 7. The van der Waals surface area contributed by atoms with E-state index in [1.165, 1.54) is 33.5 Å². The normalized spacial score (nSPS) is 10.4. The largest absolute Gasteiger partial charge is 0.493 e. The standard InChI is InChI=1S/C25H23N5O5/c1-33-19-14-17(15-20(34-2)21(19)35-3)24(31)27-28-25(32)22-26-23(16-10-6-4-7-11-16)30(29-22)18-12-8-5-9-13-18/h4-15H,1-3H3,(H,27,31)(H,28,32). The third kappa shape index (κ3) is 4.91. The van der Waals surface area contributed by atoms with Crippen LogP contribution in [0.5, 0.6) is 17.2 Å². The van der Waals surface area contributed by atoms with Gasteiger partial charge in [0.25, 0.3) is 5.91 Å². The first-order chi connectivity index (χ1) is 17.0. The maximum Gasteiger partial charge on any atom is 0.309 e. The van der Waals surface area contributed by atoms with Crippen molar-refractivity contribution in [2.24, 2.45) is 0 Å². The molecule has 1 aromatic heterocycles. The van der Waals surface area contributed by atoms with Crippen molar-refractivity contribution in [2.75, 3.05) is 21.3 Å². The molecule has 178 valence electrons. The lowest BCUT2D eigenvalue weighted by atomic mass is 10.1. The van der Waals surface area contributed by atoms with Crippen molar-refractivity contribution in [3.63, 3.8) is 0 Å². The maximum absolute atomic E-state index is 12.8. The van der Waals surface area contributed by atoms with E-state index in [0.29, 0.717) is 23.1 Å². The number of methoxy groups -OCH3 is 3. The highest BCUT2D eigenvalue weighted by molar-refractivity contribution is 5.98. The number of aromatic nitrogens is 3. The number of nitrogens with one attached hydrogen (secondary N) is 2. The lowest BCUT2D eigenvalue weighted by Gasteiger charge is -2.14. The number of carbonyl (C=O) groups excluding carboxylic acids is 2. The highest BCUT2D eigenvalue weighted by atomic mass is 16.5. The number of carbonyl (C=O) groups is 2. The number of hydrogen-bond acceptors (Lipinski definition) is 7. The Hall–Kier alpha value is -4.86. The summed E-state index contributed by atoms with van der Waals surface area (Å²) in [4.78, 5) is 29.9. The van der Waals surface area contributed by atoms with Crippen LogP contribution < -0.4 is 25.1 Å². The van der Waals surface area contributed by atoms with Gasteiger partial charge in [0.1, 0.15) is 0 Å². The van der Waals surface area contributed by atoms with E-state index in [9.17, 15) is 9.59 Å². The van der Waals surface area contributed by atoms with Crippen LogP contribution in [0.3, 0.4) is 0 Å². The fourth-order valence-corrected chi connectivity index (χ4v) is 3.39. The van der Waals surface area contributed by atoms with Gasteiger partial charge < -0.3 is 14.2 Å². The molecule has 4 rings (SSSR count). The number of hydrogen-bond donors (Lipinski definition) is 2. The molecule has 0 aliphatic rings. The Balaban J connectivity index is 1.57. The van der Waals surface area contributed by atoms with Crippen LogP contribution in [0, 0.1) is 0 Å². The molecule has 1 heterocycles. The first kappa shape index (κ1) is 23.3. The van der Waals surface area contributed by atoms with E-state index in [1.54, 1.807) is 4.68 Å². The molecule has 0 bridgehead atoms. The van der Waals surface area contributed by atoms with E-state index in [4.69, 9.17) is 14.2 Å². The molecule has 0 radical (unpaired) electrons. The highest BCUT2D eigenvalue weighted by Gasteiger charge is 2.21. The van der Waals surface area contributed by atoms with Crippen molar-refractivity contribution in [3.8, 4) is 34.3 Å². The lowest BCUT2D eigenvalue weighted by molar-refractivity contribution is 0.0840. The van der Waals surface area contributed by atoms with E-state index < -0.39 is 11.8 Å². The van der Waals surface area contributed by atoms with Gasteiger partial charge in [0, 0.05) is 11.1 Å². The summed E-state index contributed by atoms with van der Waals surface area (Å²) in [6.45, 7) is 0. The summed E-state index contributed by atoms with van der Waals surface area (Å²) < 4.78 is 17.4. The molecule has 0 saturated carbocycles. The van der Waals surface area contributed by atoms with Gasteiger partial charge in [-0.2, -0.15) is 0 Å². The van der Waals surface area contributed by atoms with Crippen LogP contribution >= 0.6 is 0 Å². The summed E-state index contributed by atoms with van der Waals surface area (Å²) in [7, 11) is 4.35. The zero-order valence-corrected chi connectivity index (χ0v) is 19.3. The van der Waals surface area contributed by atoms with Gasteiger partial charge in [0.15, 0.2) is 17.3 Å². The molecule has 0 unspecified atom stereocenters. The Bertz CT molecular complexity index is 1260. The van der Waals surface area contributed by atoms with Crippen molar-refractivity contribution in [1.29, 1.82) is 0 Å². The van der Waals surface area contributed by atoms with Crippen LogP contribution in [-0.2, 0) is 0 Å². The second-order valence-electron chi connectivity index (χ2n) is 7.19. The summed E-state index contributed by atoms with van der Waals surface area (Å²) >= 11 is 0. The molecule has 0 saturated heterocycles. The van der Waals surface area contributed by atoms with E-state index in [0.717, 1.165) is 11.3 Å². The quantitative estimate of drug-likeness (QED) is 0.396. The number of para-hydroxylation sites is 1. The predicted octanol–water partition coefficient (Wildman–Crippen LogP) is 3.03. The topological polar surface area (TPSA) is 117 Å². The third-order valence-corrected chi connectivity index (χ3v) is 5.06. The number of hydrazine groups is 1. The van der Waals surface area contributed by atoms with Gasteiger partial charge in [-0.1, -0.05) is 48.5 Å². The minimum Gasteiger partial charge on any atom is -0.493 e. The van der Waals surface area contributed by atoms with Gasteiger partial charge in [-0.3, -0.25) is 20.4 Å². The van der Waals surface area contributed by atoms with E-state index in [2.05, 4.69) is 20.9 Å². The monoisotopic (exact) mass is 473 g/mol. The van der Waals surface area contributed by atoms with E-state index in [1.807, 2.05) is 60.7 Å². The van der Waals surface area contributed by atoms with Crippen LogP contribution in [0.25, 0.3) is 17.1 Å². The zero-order chi connectivity index (χ0) is 24.8. The molecule has 0 fully saturated rings. The van der Waals surface area contributed by atoms with Gasteiger partial charge in [0.05, 0.1) is 27.0 Å². The summed E-state index contributed by atoms with van der Waals surface area (Å²) in [6.07, 6.45) is 0. The molecule has 0 atom stereocenters. The van der Waals surface area contributed by atoms with Crippen molar-refractivity contribution >= 4 is 11.8 Å². The number of ether oxygens (including phenoxy) is 3. The minimum absolute atomic E-state index is 0.113. The molecule has 10 nitrogen and oxygen atoms in total. The second-order valence-corrected chi connectivity index (χ2v) is 7.19. The zero-order valence-electron chi connectivity index (χ0n) is 19.3. The third-order valence-electron chi connectivity index (χ3n) is 5.06. The molecule has 0 spiro atoms. The molecule has 0 aliphatic heterocycles. The summed E-state index contributed by atoms with van der Waals surface area (Å²) in [5.74, 6) is 0.0507. The summed E-state index contributed by atoms with van der Waals surface area (Å²) in [5, 5.41) is 4.37. The van der Waals surface area contributed by atoms with Gasteiger partial charge in [-0.05, 0) is 24.3 Å². The minimum atomic E-state index is -0.683. The fraction of sp³-hybridized carbons (Fsp3) is 0.120. The van der Waals surface area contributed by atoms with Gasteiger partial charge in [-0.15, -0.1) is 5.10 Å². The average Bonchev–Trinajstić information content (AvgIpc) is 3.37. The smallest absolute Gasteiger partial charge is 0.309 e. The Morgan fingerprint density at radius 2 is 1.34 bits per heavy atom. The number of nitrogens with zero attached hydrogens (tertiary/aromatic N) is 3. The number of benzene rings is 3. The molecule has 3 aromatic carbocycles. The highest BCUT2D eigenvalue weighted by Crippen LogP contribution is 2.38. The molecular weight excluding hydrogens is 450 g/mol. The molecule has 0 aliphatic carbocycles. The number of amides is 2. The van der Waals surface area contributed by atoms with Crippen LogP contribution in [0.2, 0.25) is 0 Å². The molecular formula is C25H23N5O5. The summed E-state index contributed by atoms with van der Waals surface area (Å²) in [6, 6.07) is 21.6. The molecule has 4 aromatic rings. The van der Waals surface area contributed by atoms with Crippen LogP contribution in [0.4, 0.5) is 0 Å². The van der Waals surface area contributed by atoms with Crippen LogP contribution in [0.1, 0.15) is 21.0 Å². The molecule has 2 amide bonds. The van der Waals surface area contributed by atoms with Crippen molar-refractivity contribution in [3.05, 3.63) is 84.2 Å². The predicted molar refractivity (Wildman–Crippen MR) is 128 cm³/mol. The van der Waals surface area contributed by atoms with Gasteiger partial charge in [-0.25, -0.2) is 9.67 Å². The SMILES string of the molecule is COc1cc(C(=O)NNC(=O)c2nc(-c3ccccc3)n(-c3ccccc3)n2)cc(OC)c1OC. The van der Waals surface area contributed by atoms with Gasteiger partial charge in [0.2, 0.25) is 11.6 Å². The van der Waals surface area contributed by atoms with Crippen molar-refractivity contribution in [2.45, 2.75) is 0 Å². The van der Waals surface area contributed by atoms with Crippen LogP contribution in [0.15, 0.2) is 72.8 Å². The van der Waals surface area contributed by atoms with E-state index >= 15 is 0 Å². The fourth-order valence-electron chi connectivity index (χ4n) is 3.39. The Kier molecular flexibility index (Phi) is 6.91. The first-order valence-corrected chi connectivity index (χ1v) is 10.5. The summed E-state index contributed by atoms with van der Waals surface area (Å²) in [5.41, 5.74) is 6.43. The van der Waals surface area contributed by atoms with Crippen molar-refractivity contribution in [1.82, 2.24) is 25.6 Å². The molecule has 10 heteroatoms. The second kappa shape index (κ2) is 10.4. The van der Waals surface area contributed by atoms with Crippen molar-refractivity contribution < 1.29 is 23.8 Å². The Labute approximate surface area is 201 Å². The lowest BCUT2D eigenvalue weighted by Crippen LogP contribution is -2.42. The Morgan fingerprint density at radius 3 is 1.91 bits per heavy atom. The Morgan fingerprint density at radius 1 is 0.771 bits per heavy atom. The van der Waals surface area contributed by atoms with Gasteiger partial charge >= 0.3 is 5.91 Å². The first-order valence-electron chi connectivity index (χ1n) is 10.5.